The molecule has 0 radical (unpaired) electrons. The van der Waals surface area contributed by atoms with Gasteiger partial charge in [0.25, 0.3) is 0 Å². The topological polar surface area (TPSA) is 68.0 Å². The van der Waals surface area contributed by atoms with Gasteiger partial charge < -0.3 is 5.11 Å². The smallest absolute Gasteiger partial charge is 0.339 e. The third kappa shape index (κ3) is 1.89. The van der Waals surface area contributed by atoms with Gasteiger partial charge in [-0.05, 0) is 24.3 Å². The Balaban J connectivity index is 1.99. The molecular formula is C16H13N3O2. The maximum absolute atomic E-state index is 11.4. The third-order valence-corrected chi connectivity index (χ3v) is 3.85. The van der Waals surface area contributed by atoms with E-state index in [0.717, 1.165) is 29.3 Å². The predicted molar refractivity (Wildman–Crippen MR) is 77.8 cm³/mol. The Hall–Kier alpha value is -2.69. The van der Waals surface area contributed by atoms with Crippen LogP contribution >= 0.6 is 0 Å². The Kier molecular flexibility index (Phi) is 2.54. The van der Waals surface area contributed by atoms with Crippen LogP contribution in [0.1, 0.15) is 34.8 Å². The first kappa shape index (κ1) is 12.1. The molecule has 1 aromatic carbocycles. The van der Waals surface area contributed by atoms with E-state index in [2.05, 4.69) is 10.1 Å². The highest BCUT2D eigenvalue weighted by atomic mass is 16.4. The van der Waals surface area contributed by atoms with Gasteiger partial charge in [-0.2, -0.15) is 5.10 Å². The predicted octanol–water partition coefficient (Wildman–Crippen LogP) is 3.00. The van der Waals surface area contributed by atoms with Crippen LogP contribution in [0.2, 0.25) is 0 Å². The zero-order valence-electron chi connectivity index (χ0n) is 11.2. The highest BCUT2D eigenvalue weighted by Gasteiger charge is 2.33. The summed E-state index contributed by atoms with van der Waals surface area (Å²) in [5.74, 6) is 0.0465. The molecule has 1 aliphatic rings. The summed E-state index contributed by atoms with van der Waals surface area (Å²) in [5, 5.41) is 15.7. The summed E-state index contributed by atoms with van der Waals surface area (Å²) in [6.45, 7) is 0. The van der Waals surface area contributed by atoms with E-state index in [1.54, 1.807) is 10.9 Å². The normalized spacial score (nSPS) is 14.5. The molecule has 3 aromatic rings. The maximum Gasteiger partial charge on any atom is 0.339 e. The summed E-state index contributed by atoms with van der Waals surface area (Å²) in [7, 11) is 0. The van der Waals surface area contributed by atoms with Gasteiger partial charge in [-0.3, -0.25) is 0 Å². The first-order chi connectivity index (χ1) is 10.3. The molecule has 0 amide bonds. The molecule has 0 spiro atoms. The minimum absolute atomic E-state index is 0.277. The van der Waals surface area contributed by atoms with Crippen LogP contribution in [0.15, 0.2) is 42.7 Å². The van der Waals surface area contributed by atoms with Crippen LogP contribution in [0.3, 0.4) is 0 Å². The molecule has 2 aromatic heterocycles. The minimum atomic E-state index is -0.927. The highest BCUT2D eigenvalue weighted by molar-refractivity contribution is 5.91. The fourth-order valence-corrected chi connectivity index (χ4v) is 2.71. The fraction of sp³-hybridized carbons (Fsp3) is 0.188. The third-order valence-electron chi connectivity index (χ3n) is 3.85. The number of hydrogen-bond donors (Lipinski definition) is 1. The van der Waals surface area contributed by atoms with Crippen molar-refractivity contribution in [3.8, 4) is 5.82 Å². The van der Waals surface area contributed by atoms with E-state index >= 15 is 0 Å². The van der Waals surface area contributed by atoms with E-state index in [0.29, 0.717) is 5.82 Å². The van der Waals surface area contributed by atoms with Gasteiger partial charge in [0.05, 0.1) is 11.9 Å². The number of carboxylic acids is 1. The molecule has 21 heavy (non-hydrogen) atoms. The Morgan fingerprint density at radius 2 is 2.05 bits per heavy atom. The van der Waals surface area contributed by atoms with Crippen LogP contribution in [0.4, 0.5) is 0 Å². The Morgan fingerprint density at radius 3 is 2.81 bits per heavy atom. The quantitative estimate of drug-likeness (QED) is 0.800. The largest absolute Gasteiger partial charge is 0.478 e. The zero-order valence-corrected chi connectivity index (χ0v) is 11.2. The van der Waals surface area contributed by atoms with Crippen molar-refractivity contribution in [1.29, 1.82) is 0 Å². The number of pyridine rings is 1. The van der Waals surface area contributed by atoms with Crippen molar-refractivity contribution in [3.05, 3.63) is 54.0 Å². The zero-order chi connectivity index (χ0) is 14.4. The number of nitrogens with zero attached hydrogens (tertiary/aromatic N) is 3. The van der Waals surface area contributed by atoms with Crippen molar-refractivity contribution < 1.29 is 9.90 Å². The van der Waals surface area contributed by atoms with Crippen LogP contribution in [-0.4, -0.2) is 25.8 Å². The molecule has 2 heterocycles. The van der Waals surface area contributed by atoms with Gasteiger partial charge in [-0.15, -0.1) is 0 Å². The van der Waals surface area contributed by atoms with Crippen molar-refractivity contribution in [1.82, 2.24) is 14.8 Å². The first-order valence-electron chi connectivity index (χ1n) is 6.91. The summed E-state index contributed by atoms with van der Waals surface area (Å²) in [4.78, 5) is 15.8. The van der Waals surface area contributed by atoms with Crippen molar-refractivity contribution in [2.24, 2.45) is 0 Å². The van der Waals surface area contributed by atoms with E-state index in [1.165, 1.54) is 6.20 Å². The average Bonchev–Trinajstić information content (AvgIpc) is 3.25. The van der Waals surface area contributed by atoms with Gasteiger partial charge in [0, 0.05) is 17.5 Å². The van der Waals surface area contributed by atoms with Crippen LogP contribution in [0.5, 0.6) is 0 Å². The van der Waals surface area contributed by atoms with E-state index in [1.807, 2.05) is 30.3 Å². The van der Waals surface area contributed by atoms with Gasteiger partial charge in [-0.25, -0.2) is 14.5 Å². The molecule has 0 bridgehead atoms. The molecule has 0 unspecified atom stereocenters. The second-order valence-electron chi connectivity index (χ2n) is 5.29. The second kappa shape index (κ2) is 4.41. The molecule has 0 saturated heterocycles. The van der Waals surface area contributed by atoms with E-state index in [9.17, 15) is 9.90 Å². The fourth-order valence-electron chi connectivity index (χ4n) is 2.71. The number of rotatable bonds is 3. The van der Waals surface area contributed by atoms with Gasteiger partial charge in [0.15, 0.2) is 5.82 Å². The van der Waals surface area contributed by atoms with E-state index < -0.39 is 5.97 Å². The Bertz CT molecular complexity index is 844. The summed E-state index contributed by atoms with van der Waals surface area (Å²) in [6.07, 6.45) is 5.18. The number of carbonyl (C=O) groups is 1. The molecule has 5 nitrogen and oxygen atoms in total. The lowest BCUT2D eigenvalue weighted by atomic mass is 10.1. The molecule has 1 aliphatic carbocycles. The molecule has 5 heteroatoms. The molecule has 0 atom stereocenters. The van der Waals surface area contributed by atoms with Crippen LogP contribution < -0.4 is 0 Å². The van der Waals surface area contributed by atoms with Crippen molar-refractivity contribution in [2.75, 3.05) is 0 Å². The summed E-state index contributed by atoms with van der Waals surface area (Å²) in [6, 6.07) is 9.86. The second-order valence-corrected chi connectivity index (χ2v) is 5.29. The number of aromatic carboxylic acids is 1. The number of aromatic nitrogens is 3. The van der Waals surface area contributed by atoms with Gasteiger partial charge in [0.2, 0.25) is 0 Å². The minimum Gasteiger partial charge on any atom is -0.478 e. The molecule has 4 rings (SSSR count). The first-order valence-corrected chi connectivity index (χ1v) is 6.91. The van der Waals surface area contributed by atoms with Crippen LogP contribution in [0.25, 0.3) is 16.6 Å². The standard InChI is InChI=1S/C16H13N3O2/c20-16(21)13-9-18-19(14(13)11-5-6-11)15-12-4-2-1-3-10(12)7-8-17-15/h1-4,7-9,11H,5-6H2,(H,20,21). The number of benzene rings is 1. The molecule has 0 aliphatic heterocycles. The average molecular weight is 279 g/mol. The van der Waals surface area contributed by atoms with Gasteiger partial charge in [0.1, 0.15) is 5.56 Å². The summed E-state index contributed by atoms with van der Waals surface area (Å²) in [5.41, 5.74) is 1.05. The van der Waals surface area contributed by atoms with E-state index in [4.69, 9.17) is 0 Å². The Morgan fingerprint density at radius 1 is 1.24 bits per heavy atom. The molecule has 1 fully saturated rings. The lowest BCUT2D eigenvalue weighted by Gasteiger charge is -2.09. The van der Waals surface area contributed by atoms with Crippen LogP contribution in [0, 0.1) is 0 Å². The van der Waals surface area contributed by atoms with Crippen molar-refractivity contribution >= 4 is 16.7 Å². The lowest BCUT2D eigenvalue weighted by molar-refractivity contribution is 0.0695. The monoisotopic (exact) mass is 279 g/mol. The van der Waals surface area contributed by atoms with Gasteiger partial charge >= 0.3 is 5.97 Å². The molecule has 1 N–H and O–H groups in total. The summed E-state index contributed by atoms with van der Waals surface area (Å²) >= 11 is 0. The van der Waals surface area contributed by atoms with E-state index in [-0.39, 0.29) is 11.5 Å². The molecule has 1 saturated carbocycles. The number of fused-ring (bicyclic) bond motifs is 1. The molecule has 104 valence electrons. The Labute approximate surface area is 120 Å². The SMILES string of the molecule is O=C(O)c1cnn(-c2nccc3ccccc23)c1C1CC1. The summed E-state index contributed by atoms with van der Waals surface area (Å²) < 4.78 is 1.70. The van der Waals surface area contributed by atoms with Gasteiger partial charge in [-0.1, -0.05) is 24.3 Å². The maximum atomic E-state index is 11.4. The number of carboxylic acid groups (broad SMARTS) is 1. The lowest BCUT2D eigenvalue weighted by Crippen LogP contribution is -2.07. The molecular weight excluding hydrogens is 266 g/mol. The number of hydrogen-bond acceptors (Lipinski definition) is 3. The highest BCUT2D eigenvalue weighted by Crippen LogP contribution is 2.42. The van der Waals surface area contributed by atoms with Crippen molar-refractivity contribution in [2.45, 2.75) is 18.8 Å². The van der Waals surface area contributed by atoms with Crippen molar-refractivity contribution in [3.63, 3.8) is 0 Å². The van der Waals surface area contributed by atoms with Crippen LogP contribution in [-0.2, 0) is 0 Å².